The highest BCUT2D eigenvalue weighted by atomic mass is 79.9. The van der Waals surface area contributed by atoms with Crippen LogP contribution in [0.2, 0.25) is 0 Å². The Morgan fingerprint density at radius 1 is 1.43 bits per heavy atom. The van der Waals surface area contributed by atoms with Crippen LogP contribution in [0.1, 0.15) is 12.0 Å². The predicted molar refractivity (Wildman–Crippen MR) is 61.2 cm³/mol. The van der Waals surface area contributed by atoms with Crippen LogP contribution in [0.3, 0.4) is 0 Å². The van der Waals surface area contributed by atoms with E-state index in [1.165, 1.54) is 0 Å². The molecule has 78 valence electrons. The van der Waals surface area contributed by atoms with Gasteiger partial charge in [-0.15, -0.1) is 0 Å². The van der Waals surface area contributed by atoms with Crippen molar-refractivity contribution in [2.24, 2.45) is 5.73 Å². The number of nitrogens with two attached hydrogens (primary N) is 1. The summed E-state index contributed by atoms with van der Waals surface area (Å²) in [7, 11) is 0. The van der Waals surface area contributed by atoms with Gasteiger partial charge in [0.25, 0.3) is 0 Å². The van der Waals surface area contributed by atoms with E-state index in [2.05, 4.69) is 21.2 Å². The maximum absolute atomic E-state index is 9.64. The zero-order valence-electron chi connectivity index (χ0n) is 7.96. The minimum atomic E-state index is 0.313. The van der Waals surface area contributed by atoms with Crippen LogP contribution in [-0.4, -0.2) is 18.2 Å². The van der Waals surface area contributed by atoms with E-state index in [4.69, 9.17) is 5.73 Å². The van der Waals surface area contributed by atoms with Crippen LogP contribution in [0, 0.1) is 0 Å². The second-order valence-electron chi connectivity index (χ2n) is 3.07. The van der Waals surface area contributed by atoms with E-state index in [9.17, 15) is 5.11 Å². The summed E-state index contributed by atoms with van der Waals surface area (Å²) in [6.45, 7) is 2.24. The molecule has 0 spiro atoms. The first kappa shape index (κ1) is 11.5. The quantitative estimate of drug-likeness (QED) is 0.704. The van der Waals surface area contributed by atoms with Crippen molar-refractivity contribution < 1.29 is 5.11 Å². The van der Waals surface area contributed by atoms with Crippen LogP contribution >= 0.6 is 15.9 Å². The molecule has 0 aliphatic carbocycles. The number of aromatic hydroxyl groups is 1. The van der Waals surface area contributed by atoms with Gasteiger partial charge in [0, 0.05) is 12.1 Å². The first-order chi connectivity index (χ1) is 6.75. The highest BCUT2D eigenvalue weighted by Crippen LogP contribution is 2.26. The number of hydrogen-bond donors (Lipinski definition) is 3. The number of para-hydroxylation sites is 1. The van der Waals surface area contributed by atoms with E-state index >= 15 is 0 Å². The van der Waals surface area contributed by atoms with Crippen molar-refractivity contribution in [2.45, 2.75) is 13.0 Å². The van der Waals surface area contributed by atoms with Crippen molar-refractivity contribution in [3.63, 3.8) is 0 Å². The van der Waals surface area contributed by atoms with Crippen LogP contribution in [0.15, 0.2) is 22.7 Å². The highest BCUT2D eigenvalue weighted by molar-refractivity contribution is 9.10. The van der Waals surface area contributed by atoms with Gasteiger partial charge in [-0.3, -0.25) is 0 Å². The molecule has 0 aromatic heterocycles. The molecule has 0 unspecified atom stereocenters. The third-order valence-electron chi connectivity index (χ3n) is 1.94. The third kappa shape index (κ3) is 3.29. The SMILES string of the molecule is NCCCNCc1cccc(Br)c1O. The molecule has 0 aliphatic rings. The summed E-state index contributed by atoms with van der Waals surface area (Å²) in [6, 6.07) is 5.62. The summed E-state index contributed by atoms with van der Waals surface area (Å²) >= 11 is 3.27. The zero-order chi connectivity index (χ0) is 10.4. The second-order valence-corrected chi connectivity index (χ2v) is 3.92. The number of nitrogens with one attached hydrogen (secondary N) is 1. The average molecular weight is 259 g/mol. The molecule has 0 aliphatic heterocycles. The fraction of sp³-hybridized carbons (Fsp3) is 0.400. The molecule has 0 heterocycles. The molecule has 0 saturated heterocycles. The molecule has 0 amide bonds. The van der Waals surface area contributed by atoms with Crippen molar-refractivity contribution in [2.75, 3.05) is 13.1 Å². The van der Waals surface area contributed by atoms with Gasteiger partial charge in [-0.05, 0) is 41.5 Å². The van der Waals surface area contributed by atoms with Gasteiger partial charge in [0.05, 0.1) is 4.47 Å². The Labute approximate surface area is 92.4 Å². The lowest BCUT2D eigenvalue weighted by molar-refractivity contribution is 0.461. The van der Waals surface area contributed by atoms with Gasteiger partial charge in [-0.2, -0.15) is 0 Å². The summed E-state index contributed by atoms with van der Waals surface area (Å²) in [5.41, 5.74) is 6.26. The maximum Gasteiger partial charge on any atom is 0.134 e. The summed E-state index contributed by atoms with van der Waals surface area (Å²) in [5, 5.41) is 12.9. The Morgan fingerprint density at radius 3 is 2.93 bits per heavy atom. The molecule has 1 aromatic rings. The lowest BCUT2D eigenvalue weighted by atomic mass is 10.2. The first-order valence-corrected chi connectivity index (χ1v) is 5.42. The van der Waals surface area contributed by atoms with Crippen molar-refractivity contribution >= 4 is 15.9 Å². The summed E-state index contributed by atoms with van der Waals surface area (Å²) in [5.74, 6) is 0.313. The van der Waals surface area contributed by atoms with Crippen LogP contribution < -0.4 is 11.1 Å². The standard InChI is InChI=1S/C10H15BrN2O/c11-9-4-1-3-8(10(9)14)7-13-6-2-5-12/h1,3-4,13-14H,2,5-7,12H2. The largest absolute Gasteiger partial charge is 0.506 e. The van der Waals surface area contributed by atoms with E-state index in [1.807, 2.05) is 18.2 Å². The number of hydrogen-bond acceptors (Lipinski definition) is 3. The summed E-state index contributed by atoms with van der Waals surface area (Å²) < 4.78 is 0.732. The van der Waals surface area contributed by atoms with Crippen LogP contribution in [-0.2, 0) is 6.54 Å². The molecule has 1 aromatic carbocycles. The maximum atomic E-state index is 9.64. The van der Waals surface area contributed by atoms with Crippen molar-refractivity contribution in [1.29, 1.82) is 0 Å². The van der Waals surface area contributed by atoms with E-state index in [0.29, 0.717) is 18.8 Å². The Morgan fingerprint density at radius 2 is 2.21 bits per heavy atom. The molecule has 0 fully saturated rings. The van der Waals surface area contributed by atoms with Gasteiger partial charge in [0.2, 0.25) is 0 Å². The predicted octanol–water partition coefficient (Wildman–Crippen LogP) is 1.59. The number of halogens is 1. The van der Waals surface area contributed by atoms with Gasteiger partial charge in [-0.25, -0.2) is 0 Å². The Bertz CT molecular complexity index is 291. The van der Waals surface area contributed by atoms with Gasteiger partial charge in [-0.1, -0.05) is 12.1 Å². The topological polar surface area (TPSA) is 58.3 Å². The van der Waals surface area contributed by atoms with Gasteiger partial charge >= 0.3 is 0 Å². The van der Waals surface area contributed by atoms with Crippen molar-refractivity contribution in [1.82, 2.24) is 5.32 Å². The molecule has 0 radical (unpaired) electrons. The number of phenolic OH excluding ortho intramolecular Hbond substituents is 1. The fourth-order valence-corrected chi connectivity index (χ4v) is 1.56. The molecule has 4 heteroatoms. The number of rotatable bonds is 5. The molecule has 14 heavy (non-hydrogen) atoms. The van der Waals surface area contributed by atoms with E-state index < -0.39 is 0 Å². The number of phenols is 1. The monoisotopic (exact) mass is 258 g/mol. The Kier molecular flexibility index (Phi) is 4.93. The van der Waals surface area contributed by atoms with Gasteiger partial charge in [0.1, 0.15) is 5.75 Å². The summed E-state index contributed by atoms with van der Waals surface area (Å²) in [6.07, 6.45) is 0.953. The third-order valence-corrected chi connectivity index (χ3v) is 2.58. The van der Waals surface area contributed by atoms with E-state index in [1.54, 1.807) is 0 Å². The van der Waals surface area contributed by atoms with Crippen LogP contribution in [0.25, 0.3) is 0 Å². The van der Waals surface area contributed by atoms with Gasteiger partial charge in [0.15, 0.2) is 0 Å². The van der Waals surface area contributed by atoms with Gasteiger partial charge < -0.3 is 16.2 Å². The molecule has 3 nitrogen and oxygen atoms in total. The fourth-order valence-electron chi connectivity index (χ4n) is 1.15. The smallest absolute Gasteiger partial charge is 0.134 e. The zero-order valence-corrected chi connectivity index (χ0v) is 9.55. The average Bonchev–Trinajstić information content (AvgIpc) is 2.19. The molecule has 0 saturated carbocycles. The Hall–Kier alpha value is -0.580. The van der Waals surface area contributed by atoms with E-state index in [-0.39, 0.29) is 0 Å². The lowest BCUT2D eigenvalue weighted by Gasteiger charge is -2.07. The van der Waals surface area contributed by atoms with Crippen molar-refractivity contribution in [3.05, 3.63) is 28.2 Å². The molecule has 0 bridgehead atoms. The normalized spacial score (nSPS) is 10.4. The minimum absolute atomic E-state index is 0.313. The van der Waals surface area contributed by atoms with Crippen molar-refractivity contribution in [3.8, 4) is 5.75 Å². The highest BCUT2D eigenvalue weighted by Gasteiger charge is 2.03. The second kappa shape index (κ2) is 6.01. The lowest BCUT2D eigenvalue weighted by Crippen LogP contribution is -2.17. The Balaban J connectivity index is 2.46. The minimum Gasteiger partial charge on any atom is -0.506 e. The molecule has 1 rings (SSSR count). The van der Waals surface area contributed by atoms with E-state index in [0.717, 1.165) is 23.0 Å². The molecule has 4 N–H and O–H groups in total. The van der Waals surface area contributed by atoms with Crippen LogP contribution in [0.4, 0.5) is 0 Å². The molecular weight excluding hydrogens is 244 g/mol. The molecular formula is C10H15BrN2O. The first-order valence-electron chi connectivity index (χ1n) is 4.63. The molecule has 0 atom stereocenters. The number of benzene rings is 1. The summed E-state index contributed by atoms with van der Waals surface area (Å²) in [4.78, 5) is 0. The van der Waals surface area contributed by atoms with Crippen LogP contribution in [0.5, 0.6) is 5.75 Å².